The van der Waals surface area contributed by atoms with Crippen LogP contribution in [0.15, 0.2) is 30.3 Å². The molecule has 78 valence electrons. The molecule has 3 heteroatoms. The number of hydrogen-bond acceptors (Lipinski definition) is 3. The third kappa shape index (κ3) is 4.37. The molecule has 0 unspecified atom stereocenters. The van der Waals surface area contributed by atoms with Crippen LogP contribution in [0.2, 0.25) is 0 Å². The van der Waals surface area contributed by atoms with Gasteiger partial charge in [-0.1, -0.05) is 30.3 Å². The minimum atomic E-state index is 0.495. The van der Waals surface area contributed by atoms with Gasteiger partial charge in [-0.2, -0.15) is 5.06 Å². The van der Waals surface area contributed by atoms with E-state index in [1.54, 1.807) is 12.2 Å². The first kappa shape index (κ1) is 11.2. The molecule has 0 bridgehead atoms. The van der Waals surface area contributed by atoms with Crippen molar-refractivity contribution in [2.24, 2.45) is 0 Å². The third-order valence-electron chi connectivity index (χ3n) is 1.86. The highest BCUT2D eigenvalue weighted by atomic mass is 16.7. The van der Waals surface area contributed by atoms with Crippen LogP contribution in [-0.4, -0.2) is 32.6 Å². The molecule has 0 spiro atoms. The summed E-state index contributed by atoms with van der Waals surface area (Å²) < 4.78 is 4.91. The summed E-state index contributed by atoms with van der Waals surface area (Å²) in [6.07, 6.45) is 0.925. The molecule has 1 aromatic rings. The molecule has 0 N–H and O–H groups in total. The number of hydrogen-bond donors (Lipinski definition) is 0. The Kier molecular flexibility index (Phi) is 5.22. The summed E-state index contributed by atoms with van der Waals surface area (Å²) in [5.74, 6) is 0. The van der Waals surface area contributed by atoms with Gasteiger partial charge in [-0.3, -0.25) is 4.84 Å². The van der Waals surface area contributed by atoms with E-state index in [9.17, 15) is 0 Å². The van der Waals surface area contributed by atoms with Crippen molar-refractivity contribution in [1.82, 2.24) is 5.06 Å². The Morgan fingerprint density at radius 3 is 2.57 bits per heavy atom. The van der Waals surface area contributed by atoms with Crippen molar-refractivity contribution in [2.45, 2.75) is 6.42 Å². The van der Waals surface area contributed by atoms with Crippen LogP contribution in [0.3, 0.4) is 0 Å². The second-order valence-electron chi connectivity index (χ2n) is 3.11. The molecule has 0 radical (unpaired) electrons. The van der Waals surface area contributed by atoms with Crippen LogP contribution in [0.5, 0.6) is 0 Å². The van der Waals surface area contributed by atoms with Crippen molar-refractivity contribution in [3.8, 4) is 0 Å². The van der Waals surface area contributed by atoms with Crippen LogP contribution in [-0.2, 0) is 16.0 Å². The van der Waals surface area contributed by atoms with E-state index in [0.29, 0.717) is 13.3 Å². The van der Waals surface area contributed by atoms with E-state index in [-0.39, 0.29) is 0 Å². The molecule has 1 rings (SSSR count). The zero-order valence-corrected chi connectivity index (χ0v) is 8.77. The molecule has 1 aromatic carbocycles. The highest BCUT2D eigenvalue weighted by Crippen LogP contribution is 2.00. The Labute approximate surface area is 85.2 Å². The summed E-state index contributed by atoms with van der Waals surface area (Å²) in [5, 5.41) is 1.68. The summed E-state index contributed by atoms with van der Waals surface area (Å²) in [5.41, 5.74) is 1.29. The van der Waals surface area contributed by atoms with E-state index in [0.717, 1.165) is 6.42 Å². The maximum absolute atomic E-state index is 5.39. The quantitative estimate of drug-likeness (QED) is 0.509. The number of ether oxygens (including phenoxy) is 1. The summed E-state index contributed by atoms with van der Waals surface area (Å²) in [7, 11) is 3.51. The standard InChI is InChI=1S/C11H17NO2/c1-12(10-13-2)14-9-8-11-6-4-3-5-7-11/h3-7H,8-10H2,1-2H3. The van der Waals surface area contributed by atoms with E-state index in [2.05, 4.69) is 12.1 Å². The van der Waals surface area contributed by atoms with Crippen LogP contribution < -0.4 is 0 Å². The molecule has 0 saturated carbocycles. The molecule has 0 aliphatic carbocycles. The predicted molar refractivity (Wildman–Crippen MR) is 55.7 cm³/mol. The fourth-order valence-electron chi connectivity index (χ4n) is 1.18. The van der Waals surface area contributed by atoms with E-state index < -0.39 is 0 Å². The maximum Gasteiger partial charge on any atom is 0.121 e. The summed E-state index contributed by atoms with van der Waals surface area (Å²) in [4.78, 5) is 5.39. The van der Waals surface area contributed by atoms with Crippen molar-refractivity contribution in [2.75, 3.05) is 27.5 Å². The van der Waals surface area contributed by atoms with Gasteiger partial charge in [-0.15, -0.1) is 0 Å². The number of methoxy groups -OCH3 is 1. The van der Waals surface area contributed by atoms with Crippen molar-refractivity contribution in [3.63, 3.8) is 0 Å². The molecule has 0 atom stereocenters. The summed E-state index contributed by atoms with van der Waals surface area (Å²) >= 11 is 0. The van der Waals surface area contributed by atoms with Gasteiger partial charge in [0, 0.05) is 14.2 Å². The van der Waals surface area contributed by atoms with E-state index in [1.807, 2.05) is 25.2 Å². The molecule has 0 saturated heterocycles. The fraction of sp³-hybridized carbons (Fsp3) is 0.455. The number of benzene rings is 1. The highest BCUT2D eigenvalue weighted by Gasteiger charge is 1.97. The highest BCUT2D eigenvalue weighted by molar-refractivity contribution is 5.14. The summed E-state index contributed by atoms with van der Waals surface area (Å²) in [6, 6.07) is 10.3. The molecular weight excluding hydrogens is 178 g/mol. The first-order chi connectivity index (χ1) is 6.83. The molecule has 0 aromatic heterocycles. The molecule has 0 heterocycles. The molecule has 0 aliphatic rings. The van der Waals surface area contributed by atoms with Crippen LogP contribution in [0, 0.1) is 0 Å². The first-order valence-electron chi connectivity index (χ1n) is 4.70. The second kappa shape index (κ2) is 6.54. The van der Waals surface area contributed by atoms with E-state index in [1.165, 1.54) is 5.56 Å². The van der Waals surface area contributed by atoms with Gasteiger partial charge in [0.05, 0.1) is 6.61 Å². The van der Waals surface area contributed by atoms with Crippen LogP contribution in [0.25, 0.3) is 0 Å². The zero-order valence-electron chi connectivity index (χ0n) is 8.77. The van der Waals surface area contributed by atoms with Gasteiger partial charge in [0.25, 0.3) is 0 Å². The van der Waals surface area contributed by atoms with E-state index in [4.69, 9.17) is 9.57 Å². The van der Waals surface area contributed by atoms with Crippen LogP contribution in [0.1, 0.15) is 5.56 Å². The average molecular weight is 195 g/mol. The SMILES string of the molecule is COCN(C)OCCc1ccccc1. The molecule has 14 heavy (non-hydrogen) atoms. The van der Waals surface area contributed by atoms with Gasteiger partial charge in [0.15, 0.2) is 0 Å². The van der Waals surface area contributed by atoms with Crippen molar-refractivity contribution < 1.29 is 9.57 Å². The van der Waals surface area contributed by atoms with Gasteiger partial charge in [0.2, 0.25) is 0 Å². The Hall–Kier alpha value is -0.900. The van der Waals surface area contributed by atoms with Crippen LogP contribution >= 0.6 is 0 Å². The minimum Gasteiger partial charge on any atom is -0.367 e. The van der Waals surface area contributed by atoms with Crippen molar-refractivity contribution >= 4 is 0 Å². The number of hydroxylamine groups is 2. The molecular formula is C11H17NO2. The smallest absolute Gasteiger partial charge is 0.121 e. The lowest BCUT2D eigenvalue weighted by Crippen LogP contribution is -2.22. The second-order valence-corrected chi connectivity index (χ2v) is 3.11. The Balaban J connectivity index is 2.16. The van der Waals surface area contributed by atoms with Gasteiger partial charge in [-0.05, 0) is 12.0 Å². The molecule has 0 fully saturated rings. The number of rotatable bonds is 6. The Morgan fingerprint density at radius 1 is 1.21 bits per heavy atom. The molecule has 0 amide bonds. The van der Waals surface area contributed by atoms with Gasteiger partial charge in [-0.25, -0.2) is 0 Å². The lowest BCUT2D eigenvalue weighted by Gasteiger charge is -2.14. The monoisotopic (exact) mass is 195 g/mol. The number of nitrogens with zero attached hydrogens (tertiary/aromatic N) is 1. The normalized spacial score (nSPS) is 10.8. The molecule has 0 aliphatic heterocycles. The zero-order chi connectivity index (χ0) is 10.2. The van der Waals surface area contributed by atoms with Crippen molar-refractivity contribution in [1.29, 1.82) is 0 Å². The molecule has 3 nitrogen and oxygen atoms in total. The largest absolute Gasteiger partial charge is 0.367 e. The third-order valence-corrected chi connectivity index (χ3v) is 1.86. The van der Waals surface area contributed by atoms with Gasteiger partial charge < -0.3 is 4.74 Å². The van der Waals surface area contributed by atoms with Gasteiger partial charge in [0.1, 0.15) is 6.73 Å². The Bertz CT molecular complexity index is 238. The minimum absolute atomic E-state index is 0.495. The average Bonchev–Trinajstić information content (AvgIpc) is 2.20. The Morgan fingerprint density at radius 2 is 1.93 bits per heavy atom. The lowest BCUT2D eigenvalue weighted by atomic mass is 10.2. The fourth-order valence-corrected chi connectivity index (χ4v) is 1.18. The van der Waals surface area contributed by atoms with Crippen LogP contribution in [0.4, 0.5) is 0 Å². The lowest BCUT2D eigenvalue weighted by molar-refractivity contribution is -0.184. The maximum atomic E-state index is 5.39. The predicted octanol–water partition coefficient (Wildman–Crippen LogP) is 1.70. The topological polar surface area (TPSA) is 21.7 Å². The van der Waals surface area contributed by atoms with Gasteiger partial charge >= 0.3 is 0 Å². The van der Waals surface area contributed by atoms with E-state index >= 15 is 0 Å². The first-order valence-corrected chi connectivity index (χ1v) is 4.70. The summed E-state index contributed by atoms with van der Waals surface area (Å²) in [6.45, 7) is 1.18. The van der Waals surface area contributed by atoms with Crippen molar-refractivity contribution in [3.05, 3.63) is 35.9 Å².